The van der Waals surface area contributed by atoms with Crippen LogP contribution in [0.3, 0.4) is 0 Å². The summed E-state index contributed by atoms with van der Waals surface area (Å²) < 4.78 is 10.6. The number of nitrogens with one attached hydrogen (secondary N) is 1. The molecule has 2 aliphatic heterocycles. The number of likely N-dealkylation sites (tertiary alicyclic amines) is 2. The Morgan fingerprint density at radius 2 is 1.76 bits per heavy atom. The summed E-state index contributed by atoms with van der Waals surface area (Å²) in [5.41, 5.74) is 3.43. The topological polar surface area (TPSA) is 161 Å². The lowest BCUT2D eigenvalue weighted by molar-refractivity contribution is -0.149. The van der Waals surface area contributed by atoms with Crippen molar-refractivity contribution in [2.75, 3.05) is 32.0 Å². The summed E-state index contributed by atoms with van der Waals surface area (Å²) in [4.78, 5) is 59.6. The number of nitrogens with zero attached hydrogens (tertiary/aromatic N) is 7. The number of rotatable bonds is 8. The number of carbonyl (C=O) groups excluding carboxylic acids is 3. The number of aryl methyl sites for hydroxylation is 2. The molecule has 3 fully saturated rings. The predicted octanol–water partition coefficient (Wildman–Crippen LogP) is 5.40. The fourth-order valence-corrected chi connectivity index (χ4v) is 9.16. The Balaban J connectivity index is 0.897. The van der Waals surface area contributed by atoms with Crippen molar-refractivity contribution in [1.29, 1.82) is 0 Å². The smallest absolute Gasteiger partial charge is 0.329 e. The minimum Gasteiger partial charge on any atom is -0.448 e. The number of hydrogen-bond acceptors (Lipinski definition) is 9. The second-order valence-electron chi connectivity index (χ2n) is 16.4. The van der Waals surface area contributed by atoms with Crippen LogP contribution >= 0.6 is 0 Å². The maximum atomic E-state index is 13.6. The number of oxazole rings is 1. The number of imidazole rings is 1. The lowest BCUT2D eigenvalue weighted by Gasteiger charge is -2.37. The Labute approximate surface area is 319 Å². The van der Waals surface area contributed by atoms with Crippen LogP contribution in [0.5, 0.6) is 0 Å². The number of fused-ring (bicyclic) bond motifs is 2. The van der Waals surface area contributed by atoms with Crippen molar-refractivity contribution in [1.82, 2.24) is 33.7 Å². The van der Waals surface area contributed by atoms with Crippen LogP contribution in [0.4, 0.5) is 5.69 Å². The highest BCUT2D eigenvalue weighted by Crippen LogP contribution is 2.38. The molecular weight excluding hydrogens is 701 g/mol. The number of imide groups is 1. The van der Waals surface area contributed by atoms with Gasteiger partial charge in [-0.3, -0.25) is 33.1 Å². The largest absolute Gasteiger partial charge is 0.448 e. The highest BCUT2D eigenvalue weighted by Gasteiger charge is 2.36. The highest BCUT2D eigenvalue weighted by molar-refractivity contribution is 6.04. The monoisotopic (exact) mass is 750 g/mol. The summed E-state index contributed by atoms with van der Waals surface area (Å²) in [6.07, 6.45) is 10.2. The third-order valence-corrected chi connectivity index (χ3v) is 12.2. The molecule has 0 radical (unpaired) electrons. The molecule has 290 valence electrons. The normalized spacial score (nSPS) is 21.9. The van der Waals surface area contributed by atoms with Gasteiger partial charge in [-0.2, -0.15) is 5.10 Å². The minimum atomic E-state index is -1.21. The molecular formula is C41H50N8O6. The van der Waals surface area contributed by atoms with Gasteiger partial charge in [0.05, 0.1) is 28.2 Å². The molecule has 1 aliphatic carbocycles. The molecule has 5 aromatic rings. The molecule has 2 N–H and O–H groups in total. The minimum absolute atomic E-state index is 0.177. The zero-order valence-electron chi connectivity index (χ0n) is 32.2. The number of amides is 3. The van der Waals surface area contributed by atoms with Gasteiger partial charge >= 0.3 is 5.69 Å². The summed E-state index contributed by atoms with van der Waals surface area (Å²) in [5, 5.41) is 19.7. The molecule has 1 saturated carbocycles. The van der Waals surface area contributed by atoms with E-state index in [1.54, 1.807) is 37.0 Å². The summed E-state index contributed by atoms with van der Waals surface area (Å²) in [6.45, 7) is 8.12. The SMILES string of the molecule is Cc1nc(C(=O)Nc2cc3cn(C4CCC(CN5CCC(c6cccc7c6n(C)c(=O)n7C6CCC(=O)N(C)C6=O)CC5)CC4)nc3cc2C(C)(C)O)co1. The molecule has 3 aliphatic rings. The van der Waals surface area contributed by atoms with Gasteiger partial charge in [0, 0.05) is 56.8 Å². The van der Waals surface area contributed by atoms with Gasteiger partial charge in [-0.05, 0) is 107 Å². The Kier molecular flexibility index (Phi) is 9.53. The van der Waals surface area contributed by atoms with E-state index in [1.807, 2.05) is 30.5 Å². The highest BCUT2D eigenvalue weighted by atomic mass is 16.3. The molecule has 3 aromatic heterocycles. The van der Waals surface area contributed by atoms with E-state index in [0.717, 1.165) is 90.6 Å². The van der Waals surface area contributed by atoms with Crippen LogP contribution in [0.25, 0.3) is 21.9 Å². The molecule has 2 saturated heterocycles. The van der Waals surface area contributed by atoms with Gasteiger partial charge in [-0.1, -0.05) is 12.1 Å². The van der Waals surface area contributed by atoms with E-state index in [2.05, 4.69) is 25.9 Å². The molecule has 8 rings (SSSR count). The van der Waals surface area contributed by atoms with E-state index >= 15 is 0 Å². The van der Waals surface area contributed by atoms with Crippen LogP contribution in [0.15, 0.2) is 52.0 Å². The first-order valence-electron chi connectivity index (χ1n) is 19.5. The van der Waals surface area contributed by atoms with Gasteiger partial charge < -0.3 is 19.7 Å². The number of benzene rings is 2. The van der Waals surface area contributed by atoms with Crippen molar-refractivity contribution in [3.8, 4) is 0 Å². The van der Waals surface area contributed by atoms with E-state index in [4.69, 9.17) is 9.52 Å². The average Bonchev–Trinajstić information content (AvgIpc) is 3.86. The Bertz CT molecular complexity index is 2340. The van der Waals surface area contributed by atoms with E-state index in [1.165, 1.54) is 13.3 Å². The molecule has 0 bridgehead atoms. The van der Waals surface area contributed by atoms with Gasteiger partial charge in [-0.15, -0.1) is 0 Å². The average molecular weight is 751 g/mol. The van der Waals surface area contributed by atoms with E-state index < -0.39 is 17.6 Å². The molecule has 1 atom stereocenters. The van der Waals surface area contributed by atoms with Crippen molar-refractivity contribution in [2.24, 2.45) is 13.0 Å². The van der Waals surface area contributed by atoms with Crippen molar-refractivity contribution in [3.05, 3.63) is 76.0 Å². The van der Waals surface area contributed by atoms with E-state index in [0.29, 0.717) is 35.4 Å². The molecule has 2 aromatic carbocycles. The van der Waals surface area contributed by atoms with Crippen molar-refractivity contribution < 1.29 is 23.9 Å². The molecule has 14 heteroatoms. The second-order valence-corrected chi connectivity index (χ2v) is 16.4. The Hall–Kier alpha value is -5.08. The van der Waals surface area contributed by atoms with Crippen LogP contribution in [0.1, 0.15) is 111 Å². The maximum absolute atomic E-state index is 13.6. The fraction of sp³-hybridized carbons (Fsp3) is 0.512. The molecule has 55 heavy (non-hydrogen) atoms. The van der Waals surface area contributed by atoms with Crippen molar-refractivity contribution >= 4 is 45.3 Å². The van der Waals surface area contributed by atoms with Crippen LogP contribution in [-0.2, 0) is 22.2 Å². The number of piperidine rings is 2. The summed E-state index contributed by atoms with van der Waals surface area (Å²) >= 11 is 0. The van der Waals surface area contributed by atoms with Gasteiger partial charge in [0.2, 0.25) is 5.91 Å². The number of carbonyl (C=O) groups is 3. The third kappa shape index (κ3) is 6.90. The Morgan fingerprint density at radius 1 is 1.02 bits per heavy atom. The zero-order valence-corrected chi connectivity index (χ0v) is 32.2. The molecule has 14 nitrogen and oxygen atoms in total. The van der Waals surface area contributed by atoms with Gasteiger partial charge in [0.25, 0.3) is 11.8 Å². The van der Waals surface area contributed by atoms with Crippen LogP contribution < -0.4 is 11.0 Å². The Morgan fingerprint density at radius 3 is 2.45 bits per heavy atom. The summed E-state index contributed by atoms with van der Waals surface area (Å²) in [6, 6.07) is 9.39. The van der Waals surface area contributed by atoms with Gasteiger partial charge in [0.1, 0.15) is 12.3 Å². The second kappa shape index (κ2) is 14.2. The lowest BCUT2D eigenvalue weighted by Crippen LogP contribution is -2.45. The molecule has 5 heterocycles. The number of aromatic nitrogens is 5. The number of para-hydroxylation sites is 1. The first kappa shape index (κ1) is 36.9. The van der Waals surface area contributed by atoms with Crippen LogP contribution in [0.2, 0.25) is 0 Å². The number of hydrogen-bond donors (Lipinski definition) is 2. The number of likely N-dealkylation sites (N-methyl/N-ethyl adjacent to an activating group) is 1. The summed E-state index contributed by atoms with van der Waals surface area (Å²) in [5.74, 6) is 0.391. The number of anilines is 1. The quantitative estimate of drug-likeness (QED) is 0.198. The molecule has 0 spiro atoms. The first-order valence-corrected chi connectivity index (χ1v) is 19.5. The van der Waals surface area contributed by atoms with Crippen molar-refractivity contribution in [2.45, 2.75) is 95.7 Å². The van der Waals surface area contributed by atoms with Crippen LogP contribution in [-0.4, -0.2) is 83.2 Å². The standard InChI is InChI=1S/C41H50N8O6/c1-24-42-33(23-55-24)38(51)43-32-19-27-22-48(44-31(27)20-30(32)41(2,3)54)28-11-9-25(10-12-28)21-47-17-15-26(16-18-47)29-7-6-8-34-37(29)46(5)40(53)49(34)35-13-14-36(50)45(4)39(35)52/h6-8,19-20,22-23,25-26,28,35,54H,9-18,21H2,1-5H3,(H,43,51). The predicted molar refractivity (Wildman–Crippen MR) is 207 cm³/mol. The van der Waals surface area contributed by atoms with Crippen LogP contribution in [0, 0.1) is 12.8 Å². The van der Waals surface area contributed by atoms with E-state index in [9.17, 15) is 24.3 Å². The van der Waals surface area contributed by atoms with Gasteiger partial charge in [-0.25, -0.2) is 9.78 Å². The number of aliphatic hydroxyl groups is 1. The fourth-order valence-electron chi connectivity index (χ4n) is 9.16. The molecule has 3 amide bonds. The maximum Gasteiger partial charge on any atom is 0.329 e. The van der Waals surface area contributed by atoms with Gasteiger partial charge in [0.15, 0.2) is 11.6 Å². The van der Waals surface area contributed by atoms with E-state index in [-0.39, 0.29) is 35.7 Å². The summed E-state index contributed by atoms with van der Waals surface area (Å²) in [7, 11) is 3.29. The zero-order chi connectivity index (χ0) is 38.8. The molecule has 1 unspecified atom stereocenters. The first-order chi connectivity index (χ1) is 26.3. The third-order valence-electron chi connectivity index (χ3n) is 12.2. The lowest BCUT2D eigenvalue weighted by atomic mass is 9.84. The van der Waals surface area contributed by atoms with Crippen molar-refractivity contribution in [3.63, 3.8) is 0 Å².